The van der Waals surface area contributed by atoms with Crippen LogP contribution in [0.4, 0.5) is 4.79 Å². The molecule has 1 aliphatic heterocycles. The van der Waals surface area contributed by atoms with Gasteiger partial charge in [-0.25, -0.2) is 14.7 Å². The summed E-state index contributed by atoms with van der Waals surface area (Å²) in [6, 6.07) is 17.1. The van der Waals surface area contributed by atoms with Crippen LogP contribution in [-0.4, -0.2) is 44.7 Å². The van der Waals surface area contributed by atoms with Gasteiger partial charge in [0, 0.05) is 39.5 Å². The zero-order chi connectivity index (χ0) is 31.3. The van der Waals surface area contributed by atoms with Crippen molar-refractivity contribution in [3.8, 4) is 11.1 Å². The van der Waals surface area contributed by atoms with E-state index in [2.05, 4.69) is 18.4 Å². The fourth-order valence-corrected chi connectivity index (χ4v) is 6.42. The van der Waals surface area contributed by atoms with Crippen molar-refractivity contribution in [2.24, 2.45) is 5.92 Å². The van der Waals surface area contributed by atoms with E-state index in [0.717, 1.165) is 45.5 Å². The van der Waals surface area contributed by atoms with Crippen molar-refractivity contribution in [3.63, 3.8) is 0 Å². The summed E-state index contributed by atoms with van der Waals surface area (Å²) in [4.78, 5) is 34.4. The normalized spacial score (nSPS) is 17.8. The second-order valence-electron chi connectivity index (χ2n) is 13.2. The number of hydrogen-bond donors (Lipinski definition) is 0. The Labute approximate surface area is 264 Å². The highest BCUT2D eigenvalue weighted by Gasteiger charge is 2.44. The summed E-state index contributed by atoms with van der Waals surface area (Å²) in [7, 11) is 0. The van der Waals surface area contributed by atoms with Gasteiger partial charge in [-0.1, -0.05) is 54.1 Å². The maximum Gasteiger partial charge on any atom is 0.417 e. The zero-order valence-electron chi connectivity index (χ0n) is 26.3. The molecule has 0 N–H and O–H groups in total. The van der Waals surface area contributed by atoms with Crippen LogP contribution in [0.5, 0.6) is 0 Å². The molecule has 2 aromatic heterocycles. The molecule has 3 heterocycles. The van der Waals surface area contributed by atoms with Gasteiger partial charge in [0.15, 0.2) is 6.10 Å². The number of benzene rings is 2. The number of aromatic nitrogens is 2. The first kappa shape index (κ1) is 30.4. The van der Waals surface area contributed by atoms with Crippen molar-refractivity contribution in [1.29, 1.82) is 0 Å². The van der Waals surface area contributed by atoms with E-state index in [4.69, 9.17) is 26.1 Å². The van der Waals surface area contributed by atoms with Crippen molar-refractivity contribution in [2.75, 3.05) is 6.61 Å². The predicted octanol–water partition coefficient (Wildman–Crippen LogP) is 8.14. The molecule has 1 aliphatic carbocycles. The van der Waals surface area contributed by atoms with Gasteiger partial charge in [0.25, 0.3) is 5.91 Å². The van der Waals surface area contributed by atoms with Gasteiger partial charge in [-0.2, -0.15) is 0 Å². The average molecular weight is 614 g/mol. The Hall–Kier alpha value is -3.68. The van der Waals surface area contributed by atoms with Crippen LogP contribution in [0.2, 0.25) is 5.02 Å². The van der Waals surface area contributed by atoms with Crippen molar-refractivity contribution < 1.29 is 19.1 Å². The lowest BCUT2D eigenvalue weighted by Crippen LogP contribution is -2.45. The molecule has 8 heteroatoms. The van der Waals surface area contributed by atoms with Gasteiger partial charge in [0.2, 0.25) is 0 Å². The summed E-state index contributed by atoms with van der Waals surface area (Å²) in [5, 5.41) is 1.62. The monoisotopic (exact) mass is 613 g/mol. The minimum atomic E-state index is -1.10. The minimum Gasteiger partial charge on any atom is -0.447 e. The van der Waals surface area contributed by atoms with Crippen LogP contribution in [0.15, 0.2) is 54.6 Å². The standard InChI is InChI=1S/C36H40ClN3O4/c1-21-23(3)39(19-25-12-13-25)33-29(21)31(26-14-16-27(37)17-15-26)30(22(2)38-33)32(44-36(4,5)6)34(41)40-28(20-43-35(40)42)18-24-10-8-7-9-11-24/h7-11,14-17,25,28,32H,12-13,18-20H2,1-6H3. The predicted molar refractivity (Wildman–Crippen MR) is 173 cm³/mol. The number of cyclic esters (lactones) is 1. The Morgan fingerprint density at radius 2 is 1.75 bits per heavy atom. The minimum absolute atomic E-state index is 0.129. The van der Waals surface area contributed by atoms with Gasteiger partial charge in [-0.15, -0.1) is 0 Å². The SMILES string of the molecule is Cc1nc2c(c(C)c(C)n2CC2CC2)c(-c2ccc(Cl)cc2)c1C(OC(C)(C)C)C(=O)N1C(=O)OCC1Cc1ccccc1. The van der Waals surface area contributed by atoms with Gasteiger partial charge in [0.1, 0.15) is 12.3 Å². The molecule has 0 spiro atoms. The summed E-state index contributed by atoms with van der Waals surface area (Å²) in [6.45, 7) is 13.0. The number of rotatable bonds is 8. The molecule has 2 amide bonds. The third-order valence-corrected chi connectivity index (χ3v) is 8.98. The fourth-order valence-electron chi connectivity index (χ4n) is 6.29. The van der Waals surface area contributed by atoms with Gasteiger partial charge in [-0.3, -0.25) is 4.79 Å². The van der Waals surface area contributed by atoms with Crippen LogP contribution < -0.4 is 0 Å². The van der Waals surface area contributed by atoms with Crippen LogP contribution in [0.3, 0.4) is 0 Å². The van der Waals surface area contributed by atoms with Crippen molar-refractivity contribution in [3.05, 3.63) is 87.7 Å². The Morgan fingerprint density at radius 1 is 1.07 bits per heavy atom. The van der Waals surface area contributed by atoms with Gasteiger partial charge >= 0.3 is 6.09 Å². The summed E-state index contributed by atoms with van der Waals surface area (Å²) >= 11 is 6.34. The lowest BCUT2D eigenvalue weighted by Gasteiger charge is -2.32. The largest absolute Gasteiger partial charge is 0.447 e. The molecular formula is C36H40ClN3O4. The molecule has 44 heavy (non-hydrogen) atoms. The van der Waals surface area contributed by atoms with E-state index < -0.39 is 29.7 Å². The maximum atomic E-state index is 14.7. The first-order valence-electron chi connectivity index (χ1n) is 15.4. The van der Waals surface area contributed by atoms with E-state index in [1.165, 1.54) is 17.7 Å². The molecule has 4 aromatic rings. The van der Waals surface area contributed by atoms with Crippen molar-refractivity contribution in [1.82, 2.24) is 14.5 Å². The number of fused-ring (bicyclic) bond motifs is 1. The second kappa shape index (κ2) is 11.7. The van der Waals surface area contributed by atoms with E-state index in [9.17, 15) is 9.59 Å². The molecule has 2 fully saturated rings. The summed E-state index contributed by atoms with van der Waals surface area (Å²) in [6.07, 6.45) is 1.19. The smallest absolute Gasteiger partial charge is 0.417 e. The topological polar surface area (TPSA) is 73.7 Å². The first-order valence-corrected chi connectivity index (χ1v) is 15.8. The number of hydrogen-bond acceptors (Lipinski definition) is 5. The van der Waals surface area contributed by atoms with Gasteiger partial charge in [-0.05, 0) is 95.5 Å². The van der Waals surface area contributed by atoms with Crippen LogP contribution in [0.1, 0.15) is 67.8 Å². The van der Waals surface area contributed by atoms with E-state index in [1.807, 2.05) is 82.3 Å². The highest BCUT2D eigenvalue weighted by molar-refractivity contribution is 6.30. The molecular weight excluding hydrogens is 574 g/mol. The number of aryl methyl sites for hydroxylation is 2. The molecule has 0 bridgehead atoms. The Kier molecular flexibility index (Phi) is 8.05. The molecule has 6 rings (SSSR count). The van der Waals surface area contributed by atoms with E-state index in [-0.39, 0.29) is 6.61 Å². The van der Waals surface area contributed by atoms with E-state index in [0.29, 0.717) is 28.6 Å². The van der Waals surface area contributed by atoms with Crippen LogP contribution in [0, 0.1) is 26.7 Å². The number of halogens is 1. The van der Waals surface area contributed by atoms with E-state index in [1.54, 1.807) is 0 Å². The third kappa shape index (κ3) is 5.87. The molecule has 1 saturated heterocycles. The number of ether oxygens (including phenoxy) is 2. The maximum absolute atomic E-state index is 14.7. The molecule has 2 aromatic carbocycles. The molecule has 2 atom stereocenters. The third-order valence-electron chi connectivity index (χ3n) is 8.73. The summed E-state index contributed by atoms with van der Waals surface area (Å²) in [5.74, 6) is 0.209. The summed E-state index contributed by atoms with van der Waals surface area (Å²) in [5.41, 5.74) is 6.63. The average Bonchev–Trinajstić information content (AvgIpc) is 3.69. The lowest BCUT2D eigenvalue weighted by molar-refractivity contribution is -0.152. The Balaban J connectivity index is 1.55. The van der Waals surface area contributed by atoms with Crippen LogP contribution in [-0.2, 0) is 27.2 Å². The van der Waals surface area contributed by atoms with Gasteiger partial charge in [0.05, 0.1) is 11.6 Å². The molecule has 0 radical (unpaired) electrons. The van der Waals surface area contributed by atoms with Gasteiger partial charge < -0.3 is 14.0 Å². The number of imide groups is 1. The second-order valence-corrected chi connectivity index (χ2v) is 13.6. The first-order chi connectivity index (χ1) is 20.9. The molecule has 1 saturated carbocycles. The van der Waals surface area contributed by atoms with Crippen molar-refractivity contribution >= 4 is 34.6 Å². The van der Waals surface area contributed by atoms with Crippen molar-refractivity contribution in [2.45, 2.75) is 85.1 Å². The lowest BCUT2D eigenvalue weighted by atomic mass is 9.90. The molecule has 230 valence electrons. The highest BCUT2D eigenvalue weighted by atomic mass is 35.5. The fraction of sp³-hybridized carbons (Fsp3) is 0.417. The number of amides is 2. The number of pyridine rings is 1. The number of nitrogens with zero attached hydrogens (tertiary/aromatic N) is 3. The Morgan fingerprint density at radius 3 is 2.39 bits per heavy atom. The molecule has 2 unspecified atom stereocenters. The molecule has 7 nitrogen and oxygen atoms in total. The highest BCUT2D eigenvalue weighted by Crippen LogP contribution is 2.44. The number of carbonyl (C=O) groups is 2. The number of carbonyl (C=O) groups excluding carboxylic acids is 2. The quantitative estimate of drug-likeness (QED) is 0.201. The Bertz CT molecular complexity index is 1720. The van der Waals surface area contributed by atoms with E-state index >= 15 is 0 Å². The molecule has 2 aliphatic rings. The van der Waals surface area contributed by atoms with Crippen LogP contribution in [0.25, 0.3) is 22.2 Å². The van der Waals surface area contributed by atoms with Crippen LogP contribution >= 0.6 is 11.6 Å². The summed E-state index contributed by atoms with van der Waals surface area (Å²) < 4.78 is 14.4. The zero-order valence-corrected chi connectivity index (χ0v) is 27.1.